The number of nitrogens with one attached hydrogen (secondary N) is 2. The third kappa shape index (κ3) is 3.30. The number of urea groups is 1. The summed E-state index contributed by atoms with van der Waals surface area (Å²) in [5.74, 6) is 1.52. The first kappa shape index (κ1) is 13.5. The fourth-order valence-corrected chi connectivity index (χ4v) is 2.14. The minimum atomic E-state index is -0.157. The molecule has 2 N–H and O–H groups in total. The molecule has 0 aliphatic carbocycles. The highest BCUT2D eigenvalue weighted by Crippen LogP contribution is 2.34. The molecular weight excluding hydrogens is 244 g/mol. The quantitative estimate of drug-likeness (QED) is 0.873. The van der Waals surface area contributed by atoms with E-state index in [0.717, 1.165) is 23.5 Å². The molecule has 1 aliphatic rings. The molecule has 2 rings (SSSR count). The Bertz CT molecular complexity index is 460. The van der Waals surface area contributed by atoms with Gasteiger partial charge in [-0.15, -0.1) is 0 Å². The number of rotatable bonds is 3. The molecule has 0 unspecified atom stereocenters. The minimum absolute atomic E-state index is 0.0154. The van der Waals surface area contributed by atoms with E-state index in [1.807, 2.05) is 32.0 Å². The number of methoxy groups -OCH3 is 1. The number of carbonyl (C=O) groups is 1. The van der Waals surface area contributed by atoms with Crippen LogP contribution in [0.25, 0.3) is 0 Å². The number of amides is 2. The van der Waals surface area contributed by atoms with Crippen molar-refractivity contribution in [3.05, 3.63) is 23.8 Å². The zero-order valence-corrected chi connectivity index (χ0v) is 11.5. The van der Waals surface area contributed by atoms with E-state index in [0.29, 0.717) is 6.61 Å². The van der Waals surface area contributed by atoms with Crippen LogP contribution in [0, 0.1) is 0 Å². The number of benzene rings is 1. The van der Waals surface area contributed by atoms with Gasteiger partial charge in [0.25, 0.3) is 0 Å². The van der Waals surface area contributed by atoms with Gasteiger partial charge in [0, 0.05) is 11.6 Å². The molecule has 0 fully saturated rings. The molecule has 1 aromatic rings. The topological polar surface area (TPSA) is 59.6 Å². The predicted octanol–water partition coefficient (Wildman–Crippen LogP) is 1.71. The monoisotopic (exact) mass is 264 g/mol. The van der Waals surface area contributed by atoms with Gasteiger partial charge in [0.1, 0.15) is 6.61 Å². The highest BCUT2D eigenvalue weighted by atomic mass is 16.5. The Morgan fingerprint density at radius 3 is 2.95 bits per heavy atom. The number of hydrogen-bond donors (Lipinski definition) is 2. The third-order valence-corrected chi connectivity index (χ3v) is 2.93. The molecule has 0 spiro atoms. The van der Waals surface area contributed by atoms with Gasteiger partial charge >= 0.3 is 6.03 Å². The summed E-state index contributed by atoms with van der Waals surface area (Å²) < 4.78 is 11.0. The summed E-state index contributed by atoms with van der Waals surface area (Å²) in [7, 11) is 1.62. The lowest BCUT2D eigenvalue weighted by atomic mass is 10.0. The zero-order valence-electron chi connectivity index (χ0n) is 11.5. The van der Waals surface area contributed by atoms with Crippen LogP contribution in [-0.4, -0.2) is 31.8 Å². The maximum atomic E-state index is 11.7. The van der Waals surface area contributed by atoms with Crippen molar-refractivity contribution in [2.24, 2.45) is 0 Å². The van der Waals surface area contributed by atoms with Gasteiger partial charge in [0.2, 0.25) is 0 Å². The molecule has 104 valence electrons. The summed E-state index contributed by atoms with van der Waals surface area (Å²) in [6, 6.07) is 5.74. The molecule has 0 radical (unpaired) electrons. The summed E-state index contributed by atoms with van der Waals surface area (Å²) >= 11 is 0. The minimum Gasteiger partial charge on any atom is -0.493 e. The van der Waals surface area contributed by atoms with Crippen LogP contribution in [0.2, 0.25) is 0 Å². The van der Waals surface area contributed by atoms with Crippen LogP contribution >= 0.6 is 0 Å². The number of ether oxygens (including phenoxy) is 2. The van der Waals surface area contributed by atoms with E-state index in [2.05, 4.69) is 10.6 Å². The Labute approximate surface area is 113 Å². The summed E-state index contributed by atoms with van der Waals surface area (Å²) in [4.78, 5) is 11.7. The van der Waals surface area contributed by atoms with Crippen LogP contribution in [0.15, 0.2) is 18.2 Å². The molecule has 2 amide bonds. The lowest BCUT2D eigenvalue weighted by molar-refractivity contribution is 0.208. The van der Waals surface area contributed by atoms with Gasteiger partial charge < -0.3 is 20.1 Å². The second kappa shape index (κ2) is 5.82. The number of fused-ring (bicyclic) bond motifs is 1. The van der Waals surface area contributed by atoms with E-state index >= 15 is 0 Å². The van der Waals surface area contributed by atoms with E-state index in [1.54, 1.807) is 7.11 Å². The van der Waals surface area contributed by atoms with E-state index in [-0.39, 0.29) is 18.1 Å². The van der Waals surface area contributed by atoms with Crippen molar-refractivity contribution in [3.63, 3.8) is 0 Å². The Morgan fingerprint density at radius 2 is 2.26 bits per heavy atom. The Balaban J connectivity index is 2.00. The smallest absolute Gasteiger partial charge is 0.315 e. The fraction of sp³-hybridized carbons (Fsp3) is 0.500. The standard InChI is InChI=1S/C14H20N2O3/c1-9(2)15-14(17)16-11-7-10-5-4-6-12(18-3)13(10)19-8-11/h4-6,9,11H,7-8H2,1-3H3,(H2,15,16,17)/t11-/m1/s1. The number of hydrogen-bond acceptors (Lipinski definition) is 3. The highest BCUT2D eigenvalue weighted by Gasteiger charge is 2.23. The summed E-state index contributed by atoms with van der Waals surface area (Å²) in [5, 5.41) is 5.72. The lowest BCUT2D eigenvalue weighted by Crippen LogP contribution is -2.48. The van der Waals surface area contributed by atoms with Gasteiger partial charge in [-0.2, -0.15) is 0 Å². The second-order valence-electron chi connectivity index (χ2n) is 4.93. The van der Waals surface area contributed by atoms with Crippen molar-refractivity contribution in [2.45, 2.75) is 32.4 Å². The van der Waals surface area contributed by atoms with E-state index < -0.39 is 0 Å². The first-order chi connectivity index (χ1) is 9.10. The summed E-state index contributed by atoms with van der Waals surface area (Å²) in [6.45, 7) is 4.31. The summed E-state index contributed by atoms with van der Waals surface area (Å²) in [6.07, 6.45) is 0.748. The molecule has 1 heterocycles. The molecule has 0 bridgehead atoms. The lowest BCUT2D eigenvalue weighted by Gasteiger charge is -2.27. The van der Waals surface area contributed by atoms with Crippen LogP contribution in [0.4, 0.5) is 4.79 Å². The SMILES string of the molecule is COc1cccc2c1OC[C@H](NC(=O)NC(C)C)C2. The predicted molar refractivity (Wildman–Crippen MR) is 72.8 cm³/mol. The maximum Gasteiger partial charge on any atom is 0.315 e. The van der Waals surface area contributed by atoms with Crippen molar-refractivity contribution >= 4 is 6.03 Å². The van der Waals surface area contributed by atoms with Crippen molar-refractivity contribution in [3.8, 4) is 11.5 Å². The van der Waals surface area contributed by atoms with Gasteiger partial charge in [-0.25, -0.2) is 4.79 Å². The van der Waals surface area contributed by atoms with Crippen molar-refractivity contribution in [2.75, 3.05) is 13.7 Å². The van der Waals surface area contributed by atoms with Crippen molar-refractivity contribution < 1.29 is 14.3 Å². The molecule has 19 heavy (non-hydrogen) atoms. The van der Waals surface area contributed by atoms with Crippen LogP contribution in [0.3, 0.4) is 0 Å². The number of carbonyl (C=O) groups excluding carboxylic acids is 1. The normalized spacial score (nSPS) is 17.4. The molecule has 1 aromatic carbocycles. The summed E-state index contributed by atoms with van der Waals surface area (Å²) in [5.41, 5.74) is 1.06. The first-order valence-electron chi connectivity index (χ1n) is 6.46. The largest absolute Gasteiger partial charge is 0.493 e. The van der Waals surface area contributed by atoms with Crippen LogP contribution in [0.1, 0.15) is 19.4 Å². The molecule has 1 atom stereocenters. The van der Waals surface area contributed by atoms with Gasteiger partial charge in [-0.05, 0) is 26.3 Å². The van der Waals surface area contributed by atoms with Crippen molar-refractivity contribution in [1.29, 1.82) is 0 Å². The molecule has 1 aliphatic heterocycles. The maximum absolute atomic E-state index is 11.7. The Hall–Kier alpha value is -1.91. The second-order valence-corrected chi connectivity index (χ2v) is 4.93. The number of para-hydroxylation sites is 1. The van der Waals surface area contributed by atoms with E-state index in [1.165, 1.54) is 0 Å². The fourth-order valence-electron chi connectivity index (χ4n) is 2.14. The van der Waals surface area contributed by atoms with E-state index in [4.69, 9.17) is 9.47 Å². The molecular formula is C14H20N2O3. The van der Waals surface area contributed by atoms with E-state index in [9.17, 15) is 4.79 Å². The molecule has 0 aromatic heterocycles. The molecule has 5 nitrogen and oxygen atoms in total. The first-order valence-corrected chi connectivity index (χ1v) is 6.46. The van der Waals surface area contributed by atoms with Crippen LogP contribution in [0.5, 0.6) is 11.5 Å². The van der Waals surface area contributed by atoms with Crippen LogP contribution < -0.4 is 20.1 Å². The molecule has 0 saturated heterocycles. The average Bonchev–Trinajstić information content (AvgIpc) is 2.36. The van der Waals surface area contributed by atoms with Gasteiger partial charge in [-0.1, -0.05) is 12.1 Å². The van der Waals surface area contributed by atoms with Gasteiger partial charge in [0.05, 0.1) is 13.2 Å². The molecule has 0 saturated carbocycles. The van der Waals surface area contributed by atoms with Gasteiger partial charge in [-0.3, -0.25) is 0 Å². The Morgan fingerprint density at radius 1 is 1.47 bits per heavy atom. The molecule has 5 heteroatoms. The van der Waals surface area contributed by atoms with Crippen molar-refractivity contribution in [1.82, 2.24) is 10.6 Å². The average molecular weight is 264 g/mol. The van der Waals surface area contributed by atoms with Gasteiger partial charge in [0.15, 0.2) is 11.5 Å². The third-order valence-electron chi connectivity index (χ3n) is 2.93. The highest BCUT2D eigenvalue weighted by molar-refractivity contribution is 5.74. The Kier molecular flexibility index (Phi) is 4.14. The van der Waals surface area contributed by atoms with Crippen LogP contribution in [-0.2, 0) is 6.42 Å². The zero-order chi connectivity index (χ0) is 13.8.